The molecule has 1 aromatic rings. The first-order chi connectivity index (χ1) is 6.68. The van der Waals surface area contributed by atoms with E-state index in [1.54, 1.807) is 0 Å². The van der Waals surface area contributed by atoms with Crippen LogP contribution < -0.4 is 0 Å². The zero-order valence-electron chi connectivity index (χ0n) is 8.73. The molecule has 0 aliphatic carbocycles. The van der Waals surface area contributed by atoms with Crippen molar-refractivity contribution in [1.29, 1.82) is 0 Å². The number of aryl methyl sites for hydroxylation is 1. The first-order valence-corrected chi connectivity index (χ1v) is 4.53. The molecule has 1 N–H and O–H groups in total. The van der Waals surface area contributed by atoms with Gasteiger partial charge in [-0.1, -0.05) is 43.7 Å². The van der Waals surface area contributed by atoms with Crippen LogP contribution in [0.2, 0.25) is 0 Å². The fourth-order valence-electron chi connectivity index (χ4n) is 0.814. The van der Waals surface area contributed by atoms with Crippen molar-refractivity contribution < 1.29 is 15.1 Å². The summed E-state index contributed by atoms with van der Waals surface area (Å²) in [4.78, 5) is 14.2. The highest BCUT2D eigenvalue weighted by Gasteiger charge is 2.03. The number of hydrogen-bond donors (Lipinski definition) is 1. The first kappa shape index (κ1) is 12.4. The summed E-state index contributed by atoms with van der Waals surface area (Å²) in [6.07, 6.45) is 0. The predicted octanol–water partition coefficient (Wildman–Crippen LogP) is 2.62. The molecule has 0 radical (unpaired) electrons. The third-order valence-electron chi connectivity index (χ3n) is 1.46. The predicted molar refractivity (Wildman–Crippen MR) is 52.7 cm³/mol. The molecule has 0 heterocycles. The Kier molecular flexibility index (Phi) is 6.11. The van der Waals surface area contributed by atoms with Gasteiger partial charge in [0.2, 0.25) is 0 Å². The molecule has 0 aromatic heterocycles. The van der Waals surface area contributed by atoms with Crippen molar-refractivity contribution in [3.63, 3.8) is 0 Å². The van der Waals surface area contributed by atoms with Gasteiger partial charge in [0.15, 0.2) is 6.61 Å². The summed E-state index contributed by atoms with van der Waals surface area (Å²) >= 11 is 0. The van der Waals surface area contributed by atoms with Crippen LogP contribution in [0.25, 0.3) is 0 Å². The Morgan fingerprint density at radius 1 is 1.29 bits per heavy atom. The maximum absolute atomic E-state index is 9.93. The van der Waals surface area contributed by atoms with Gasteiger partial charge in [-0.15, -0.1) is 0 Å². The highest BCUT2D eigenvalue weighted by molar-refractivity contribution is 5.20. The fourth-order valence-corrected chi connectivity index (χ4v) is 0.814. The molecule has 0 aliphatic rings. The van der Waals surface area contributed by atoms with Crippen molar-refractivity contribution in [1.82, 2.24) is 0 Å². The molecule has 4 heteroatoms. The largest absolute Gasteiger partial charge is 0.475 e. The Bertz CT molecular complexity index is 269. The molecular formula is C10H16NO3+. The highest BCUT2D eigenvalue weighted by Crippen LogP contribution is 2.03. The molecule has 0 fully saturated rings. The third kappa shape index (κ3) is 5.13. The van der Waals surface area contributed by atoms with Gasteiger partial charge in [0, 0.05) is 0 Å². The first-order valence-electron chi connectivity index (χ1n) is 4.53. The van der Waals surface area contributed by atoms with E-state index >= 15 is 0 Å². The summed E-state index contributed by atoms with van der Waals surface area (Å²) in [6.45, 7) is 6.05. The van der Waals surface area contributed by atoms with Crippen molar-refractivity contribution in [3.8, 4) is 0 Å². The van der Waals surface area contributed by atoms with Crippen LogP contribution in [0.4, 0.5) is 0 Å². The van der Waals surface area contributed by atoms with Gasteiger partial charge in [0.05, 0.1) is 0 Å². The van der Waals surface area contributed by atoms with Gasteiger partial charge < -0.3 is 0 Å². The lowest BCUT2D eigenvalue weighted by atomic mass is 10.2. The Morgan fingerprint density at radius 2 is 1.79 bits per heavy atom. The monoisotopic (exact) mass is 198 g/mol. The number of rotatable bonds is 3. The van der Waals surface area contributed by atoms with E-state index in [2.05, 4.69) is 4.84 Å². The molecule has 0 bridgehead atoms. The van der Waals surface area contributed by atoms with Crippen LogP contribution in [0.1, 0.15) is 25.0 Å². The van der Waals surface area contributed by atoms with Crippen molar-refractivity contribution >= 4 is 0 Å². The van der Waals surface area contributed by atoms with Gasteiger partial charge in [-0.25, -0.2) is 5.21 Å². The van der Waals surface area contributed by atoms with E-state index < -0.39 is 5.09 Å². The van der Waals surface area contributed by atoms with Crippen LogP contribution in [0.3, 0.4) is 0 Å². The van der Waals surface area contributed by atoms with Crippen LogP contribution in [-0.4, -0.2) is 10.3 Å². The number of benzene rings is 1. The van der Waals surface area contributed by atoms with Gasteiger partial charge in [0.1, 0.15) is 4.91 Å². The molecule has 1 rings (SSSR count). The average Bonchev–Trinajstić information content (AvgIpc) is 2.20. The van der Waals surface area contributed by atoms with E-state index in [0.29, 0.717) is 0 Å². The number of nitrogens with zero attached hydrogens (tertiary/aromatic N) is 1. The summed E-state index contributed by atoms with van der Waals surface area (Å²) < 4.78 is 0. The van der Waals surface area contributed by atoms with Crippen LogP contribution in [0.15, 0.2) is 24.3 Å². The van der Waals surface area contributed by atoms with Gasteiger partial charge in [-0.3, -0.25) is 0 Å². The molecule has 0 saturated carbocycles. The molecular weight excluding hydrogens is 182 g/mol. The van der Waals surface area contributed by atoms with E-state index in [9.17, 15) is 4.91 Å². The minimum absolute atomic E-state index is 0.0836. The smallest absolute Gasteiger partial charge is 0.200 e. The van der Waals surface area contributed by atoms with Gasteiger partial charge >= 0.3 is 5.09 Å². The SMILES string of the molecule is CC.Cc1ccc(CO[N+](=O)O)cc1. The zero-order chi connectivity index (χ0) is 11.0. The fraction of sp³-hybridized carbons (Fsp3) is 0.400. The summed E-state index contributed by atoms with van der Waals surface area (Å²) in [5.74, 6) is 0. The molecule has 0 unspecified atom stereocenters. The lowest BCUT2D eigenvalue weighted by Gasteiger charge is -1.94. The molecule has 1 aromatic carbocycles. The van der Waals surface area contributed by atoms with Crippen LogP contribution in [-0.2, 0) is 11.4 Å². The molecule has 0 aliphatic heterocycles. The Hall–Kier alpha value is -1.58. The second-order valence-corrected chi connectivity index (χ2v) is 2.50. The normalized spacial score (nSPS) is 8.50. The van der Waals surface area contributed by atoms with E-state index in [1.165, 1.54) is 0 Å². The maximum Gasteiger partial charge on any atom is 0.475 e. The standard InChI is InChI=1S/C8H10NO3.C2H6/c1-7-2-4-8(5-3-7)6-12-9(10)11;1-2/h2-5H,6H2,1H3,(H,10,11);1-2H3/q+1;. The molecule has 14 heavy (non-hydrogen) atoms. The second-order valence-electron chi connectivity index (χ2n) is 2.50. The summed E-state index contributed by atoms with van der Waals surface area (Å²) in [6, 6.07) is 7.48. The van der Waals surface area contributed by atoms with E-state index in [1.807, 2.05) is 45.0 Å². The van der Waals surface area contributed by atoms with Crippen molar-refractivity contribution in [2.75, 3.05) is 0 Å². The van der Waals surface area contributed by atoms with Gasteiger partial charge in [-0.05, 0) is 12.5 Å². The van der Waals surface area contributed by atoms with Gasteiger partial charge in [0.25, 0.3) is 0 Å². The van der Waals surface area contributed by atoms with Crippen molar-refractivity contribution in [3.05, 3.63) is 40.3 Å². The van der Waals surface area contributed by atoms with Crippen molar-refractivity contribution in [2.24, 2.45) is 0 Å². The van der Waals surface area contributed by atoms with E-state index in [4.69, 9.17) is 5.21 Å². The van der Waals surface area contributed by atoms with Crippen LogP contribution >= 0.6 is 0 Å². The molecule has 0 atom stereocenters. The molecule has 4 nitrogen and oxygen atoms in total. The molecule has 0 spiro atoms. The van der Waals surface area contributed by atoms with E-state index in [-0.39, 0.29) is 6.61 Å². The molecule has 0 amide bonds. The van der Waals surface area contributed by atoms with E-state index in [0.717, 1.165) is 11.1 Å². The second kappa shape index (κ2) is 6.88. The third-order valence-corrected chi connectivity index (χ3v) is 1.46. The lowest BCUT2D eigenvalue weighted by Crippen LogP contribution is -2.02. The minimum Gasteiger partial charge on any atom is -0.200 e. The summed E-state index contributed by atoms with van der Waals surface area (Å²) in [7, 11) is 0. The molecule has 78 valence electrons. The number of hydrogen-bond acceptors (Lipinski definition) is 2. The Morgan fingerprint density at radius 3 is 2.21 bits per heavy atom. The maximum atomic E-state index is 9.93. The van der Waals surface area contributed by atoms with Gasteiger partial charge in [-0.2, -0.15) is 4.84 Å². The quantitative estimate of drug-likeness (QED) is 0.759. The summed E-state index contributed by atoms with van der Waals surface area (Å²) in [5, 5.41) is 7.58. The zero-order valence-corrected chi connectivity index (χ0v) is 8.73. The topological polar surface area (TPSA) is 49.5 Å². The van der Waals surface area contributed by atoms with Crippen LogP contribution in [0.5, 0.6) is 0 Å². The summed E-state index contributed by atoms with van der Waals surface area (Å²) in [5.41, 5.74) is 1.98. The average molecular weight is 198 g/mol. The van der Waals surface area contributed by atoms with Crippen LogP contribution in [0, 0.1) is 11.8 Å². The van der Waals surface area contributed by atoms with Crippen molar-refractivity contribution in [2.45, 2.75) is 27.4 Å². The highest BCUT2D eigenvalue weighted by atomic mass is 16.9. The minimum atomic E-state index is -0.542. The molecule has 0 saturated heterocycles. The lowest BCUT2D eigenvalue weighted by molar-refractivity contribution is -0.979. The Balaban J connectivity index is 0.000000791. The Labute approximate surface area is 83.6 Å².